The van der Waals surface area contributed by atoms with Gasteiger partial charge in [-0.15, -0.1) is 5.10 Å². The summed E-state index contributed by atoms with van der Waals surface area (Å²) in [5, 5.41) is 18.3. The zero-order valence-corrected chi connectivity index (χ0v) is 12.6. The topological polar surface area (TPSA) is 108 Å². The maximum atomic E-state index is 12.1. The molecule has 112 valence electrons. The van der Waals surface area contributed by atoms with Crippen LogP contribution in [0.1, 0.15) is 63.9 Å². The lowest BCUT2D eigenvalue weighted by atomic mass is 9.96. The van der Waals surface area contributed by atoms with E-state index in [0.29, 0.717) is 18.7 Å². The first kappa shape index (κ1) is 16.1. The van der Waals surface area contributed by atoms with Crippen molar-refractivity contribution in [2.45, 2.75) is 58.4 Å². The largest absolute Gasteiger partial charge is 0.480 e. The first-order chi connectivity index (χ1) is 9.10. The fraction of sp³-hybridized carbons (Fsp3) is 0.692. The molecule has 1 atom stereocenters. The Hall–Kier alpha value is -1.92. The molecule has 1 heterocycles. The lowest BCUT2D eigenvalue weighted by Crippen LogP contribution is -2.52. The first-order valence-electron chi connectivity index (χ1n) is 6.59. The summed E-state index contributed by atoms with van der Waals surface area (Å²) in [6, 6.07) is 0. The molecular formula is C13H22N4O3. The molecule has 3 N–H and O–H groups in total. The van der Waals surface area contributed by atoms with Gasteiger partial charge in [0.2, 0.25) is 5.82 Å². The molecule has 0 radical (unpaired) electrons. The van der Waals surface area contributed by atoms with Crippen molar-refractivity contribution >= 4 is 11.9 Å². The van der Waals surface area contributed by atoms with Gasteiger partial charge < -0.3 is 10.4 Å². The Bertz CT molecular complexity index is 504. The van der Waals surface area contributed by atoms with Gasteiger partial charge in [0.25, 0.3) is 5.91 Å². The van der Waals surface area contributed by atoms with Crippen LogP contribution >= 0.6 is 0 Å². The molecule has 0 aliphatic rings. The summed E-state index contributed by atoms with van der Waals surface area (Å²) in [5.41, 5.74) is -1.57. The molecule has 1 aromatic heterocycles. The second-order valence-electron chi connectivity index (χ2n) is 6.10. The Morgan fingerprint density at radius 2 is 1.90 bits per heavy atom. The van der Waals surface area contributed by atoms with E-state index in [0.717, 1.165) is 0 Å². The molecule has 0 fully saturated rings. The number of aromatic nitrogens is 3. The Labute approximate surface area is 118 Å². The molecule has 0 aliphatic heterocycles. The number of carbonyl (C=O) groups excluding carboxylic acids is 1. The van der Waals surface area contributed by atoms with Gasteiger partial charge in [-0.2, -0.15) is 0 Å². The van der Waals surface area contributed by atoms with Crippen LogP contribution in [-0.4, -0.2) is 37.7 Å². The molecule has 0 aliphatic carbocycles. The van der Waals surface area contributed by atoms with Gasteiger partial charge in [-0.05, 0) is 13.3 Å². The zero-order valence-electron chi connectivity index (χ0n) is 12.6. The van der Waals surface area contributed by atoms with Gasteiger partial charge in [0, 0.05) is 5.41 Å². The Morgan fingerprint density at radius 1 is 1.30 bits per heavy atom. The first-order valence-corrected chi connectivity index (χ1v) is 6.59. The molecule has 0 bridgehead atoms. The number of aromatic amines is 1. The van der Waals surface area contributed by atoms with Gasteiger partial charge in [0.15, 0.2) is 0 Å². The van der Waals surface area contributed by atoms with Gasteiger partial charge in [0.05, 0.1) is 0 Å². The van der Waals surface area contributed by atoms with E-state index in [1.54, 1.807) is 0 Å². The van der Waals surface area contributed by atoms with Crippen LogP contribution in [0.15, 0.2) is 0 Å². The van der Waals surface area contributed by atoms with Crippen LogP contribution in [0, 0.1) is 0 Å². The Morgan fingerprint density at radius 3 is 2.30 bits per heavy atom. The SMILES string of the molecule is CCCC(C)(NC(=O)c1n[nH]c(C(C)(C)C)n1)C(=O)O. The molecule has 20 heavy (non-hydrogen) atoms. The zero-order chi connectivity index (χ0) is 15.6. The van der Waals surface area contributed by atoms with Gasteiger partial charge in [0.1, 0.15) is 11.4 Å². The molecule has 1 unspecified atom stereocenters. The molecule has 1 aromatic rings. The second kappa shape index (κ2) is 5.60. The molecule has 0 saturated carbocycles. The van der Waals surface area contributed by atoms with Gasteiger partial charge in [-0.3, -0.25) is 9.89 Å². The number of nitrogens with one attached hydrogen (secondary N) is 2. The van der Waals surface area contributed by atoms with Gasteiger partial charge in [-0.25, -0.2) is 9.78 Å². The predicted octanol–water partition coefficient (Wildman–Crippen LogP) is 1.48. The third-order valence-corrected chi connectivity index (χ3v) is 3.01. The van der Waals surface area contributed by atoms with E-state index in [2.05, 4.69) is 20.5 Å². The van der Waals surface area contributed by atoms with Crippen molar-refractivity contribution in [3.05, 3.63) is 11.6 Å². The number of carbonyl (C=O) groups is 2. The van der Waals surface area contributed by atoms with Crippen molar-refractivity contribution in [1.82, 2.24) is 20.5 Å². The summed E-state index contributed by atoms with van der Waals surface area (Å²) in [7, 11) is 0. The maximum absolute atomic E-state index is 12.1. The lowest BCUT2D eigenvalue weighted by molar-refractivity contribution is -0.144. The fourth-order valence-electron chi connectivity index (χ4n) is 1.73. The van der Waals surface area contributed by atoms with E-state index in [9.17, 15) is 14.7 Å². The maximum Gasteiger partial charge on any atom is 0.329 e. The summed E-state index contributed by atoms with van der Waals surface area (Å²) in [4.78, 5) is 27.5. The number of amides is 1. The highest BCUT2D eigenvalue weighted by Gasteiger charge is 2.35. The van der Waals surface area contributed by atoms with Crippen LogP contribution < -0.4 is 5.32 Å². The van der Waals surface area contributed by atoms with Crippen molar-refractivity contribution in [3.8, 4) is 0 Å². The standard InChI is InChI=1S/C13H22N4O3/c1-6-7-13(5,11(19)20)15-9(18)8-14-10(17-16-8)12(2,3)4/h6-7H2,1-5H3,(H,15,18)(H,19,20)(H,14,16,17). The summed E-state index contributed by atoms with van der Waals surface area (Å²) in [5.74, 6) is -1.12. The highest BCUT2D eigenvalue weighted by Crippen LogP contribution is 2.18. The van der Waals surface area contributed by atoms with Crippen molar-refractivity contribution < 1.29 is 14.7 Å². The predicted molar refractivity (Wildman–Crippen MR) is 73.5 cm³/mol. The molecule has 1 amide bonds. The molecule has 0 aromatic carbocycles. The van der Waals surface area contributed by atoms with Crippen LogP contribution in [0.5, 0.6) is 0 Å². The number of rotatable bonds is 5. The van der Waals surface area contributed by atoms with Crippen molar-refractivity contribution in [1.29, 1.82) is 0 Å². The molecule has 7 heteroatoms. The number of hydrogen-bond donors (Lipinski definition) is 3. The summed E-state index contributed by atoms with van der Waals surface area (Å²) in [6.45, 7) is 9.15. The highest BCUT2D eigenvalue weighted by molar-refractivity contribution is 5.94. The Kier molecular flexibility index (Phi) is 4.52. The molecular weight excluding hydrogens is 260 g/mol. The van der Waals surface area contributed by atoms with Crippen LogP contribution in [0.25, 0.3) is 0 Å². The van der Waals surface area contributed by atoms with E-state index in [1.807, 2.05) is 27.7 Å². The smallest absolute Gasteiger partial charge is 0.329 e. The Balaban J connectivity index is 2.90. The number of carboxylic acids is 1. The molecule has 1 rings (SSSR count). The van der Waals surface area contributed by atoms with Crippen LogP contribution in [0.2, 0.25) is 0 Å². The van der Waals surface area contributed by atoms with E-state index >= 15 is 0 Å². The minimum atomic E-state index is -1.31. The third kappa shape index (κ3) is 3.55. The number of carboxylic acid groups (broad SMARTS) is 1. The monoisotopic (exact) mass is 282 g/mol. The van der Waals surface area contributed by atoms with Crippen molar-refractivity contribution in [2.24, 2.45) is 0 Å². The molecule has 7 nitrogen and oxygen atoms in total. The van der Waals surface area contributed by atoms with Crippen LogP contribution in [0.4, 0.5) is 0 Å². The number of nitrogens with zero attached hydrogens (tertiary/aromatic N) is 2. The summed E-state index contributed by atoms with van der Waals surface area (Å²) >= 11 is 0. The quantitative estimate of drug-likeness (QED) is 0.758. The van der Waals surface area contributed by atoms with E-state index in [-0.39, 0.29) is 11.2 Å². The van der Waals surface area contributed by atoms with E-state index < -0.39 is 17.4 Å². The van der Waals surface area contributed by atoms with Crippen LogP contribution in [0.3, 0.4) is 0 Å². The summed E-state index contributed by atoms with van der Waals surface area (Å²) < 4.78 is 0. The average Bonchev–Trinajstić information content (AvgIpc) is 2.77. The minimum absolute atomic E-state index is 0.0431. The average molecular weight is 282 g/mol. The highest BCUT2D eigenvalue weighted by atomic mass is 16.4. The van der Waals surface area contributed by atoms with Gasteiger partial charge in [-0.1, -0.05) is 34.1 Å². The minimum Gasteiger partial charge on any atom is -0.480 e. The molecule has 0 spiro atoms. The second-order valence-corrected chi connectivity index (χ2v) is 6.10. The number of aliphatic carboxylic acids is 1. The fourth-order valence-corrected chi connectivity index (χ4v) is 1.73. The van der Waals surface area contributed by atoms with Crippen LogP contribution in [-0.2, 0) is 10.2 Å². The van der Waals surface area contributed by atoms with Crippen molar-refractivity contribution in [3.63, 3.8) is 0 Å². The van der Waals surface area contributed by atoms with E-state index in [4.69, 9.17) is 0 Å². The van der Waals surface area contributed by atoms with E-state index in [1.165, 1.54) is 6.92 Å². The third-order valence-electron chi connectivity index (χ3n) is 3.01. The van der Waals surface area contributed by atoms with Crippen molar-refractivity contribution in [2.75, 3.05) is 0 Å². The van der Waals surface area contributed by atoms with Gasteiger partial charge >= 0.3 is 5.97 Å². The molecule has 0 saturated heterocycles. The normalized spacial score (nSPS) is 14.7. The lowest BCUT2D eigenvalue weighted by Gasteiger charge is -2.24. The summed E-state index contributed by atoms with van der Waals surface area (Å²) in [6.07, 6.45) is 0.981. The number of H-pyrrole nitrogens is 1. The number of hydrogen-bond acceptors (Lipinski definition) is 4.